The van der Waals surface area contributed by atoms with Crippen LogP contribution in [0.5, 0.6) is 11.5 Å². The highest BCUT2D eigenvalue weighted by molar-refractivity contribution is 5.91. The number of anilines is 1. The Morgan fingerprint density at radius 3 is 2.79 bits per heavy atom. The number of hydrogen-bond donors (Lipinski definition) is 2. The van der Waals surface area contributed by atoms with Gasteiger partial charge in [0.15, 0.2) is 0 Å². The van der Waals surface area contributed by atoms with Gasteiger partial charge in [0.25, 0.3) is 0 Å². The van der Waals surface area contributed by atoms with E-state index in [1.54, 1.807) is 36.4 Å². The fourth-order valence-corrected chi connectivity index (χ4v) is 2.46. The summed E-state index contributed by atoms with van der Waals surface area (Å²) < 4.78 is 24.0. The molecule has 2 aromatic carbocycles. The maximum absolute atomic E-state index is 13.1. The van der Waals surface area contributed by atoms with Crippen LogP contribution < -0.4 is 15.4 Å². The van der Waals surface area contributed by atoms with Crippen LogP contribution in [0.3, 0.4) is 0 Å². The SMILES string of the molecule is O=C(CC1COCCN1)Nc1ccc(Oc2cccc(F)c2)cc1. The van der Waals surface area contributed by atoms with E-state index in [1.165, 1.54) is 12.1 Å². The Labute approximate surface area is 139 Å². The Kier molecular flexibility index (Phi) is 5.40. The molecule has 0 spiro atoms. The molecule has 0 radical (unpaired) electrons. The smallest absolute Gasteiger partial charge is 0.226 e. The van der Waals surface area contributed by atoms with Gasteiger partial charge in [-0.2, -0.15) is 0 Å². The number of hydrogen-bond acceptors (Lipinski definition) is 4. The normalized spacial score (nSPS) is 17.3. The van der Waals surface area contributed by atoms with Crippen molar-refractivity contribution >= 4 is 11.6 Å². The van der Waals surface area contributed by atoms with E-state index >= 15 is 0 Å². The van der Waals surface area contributed by atoms with Crippen LogP contribution in [0, 0.1) is 5.82 Å². The number of ether oxygens (including phenoxy) is 2. The first-order valence-corrected chi connectivity index (χ1v) is 7.83. The summed E-state index contributed by atoms with van der Waals surface area (Å²) in [5.74, 6) is 0.574. The van der Waals surface area contributed by atoms with Gasteiger partial charge in [-0.15, -0.1) is 0 Å². The predicted octanol–water partition coefficient (Wildman–Crippen LogP) is 2.94. The molecule has 2 aromatic rings. The minimum absolute atomic E-state index is 0.0503. The second kappa shape index (κ2) is 7.90. The molecule has 1 amide bonds. The minimum Gasteiger partial charge on any atom is -0.457 e. The van der Waals surface area contributed by atoms with E-state index in [0.717, 1.165) is 6.54 Å². The van der Waals surface area contributed by atoms with Crippen molar-refractivity contribution in [2.45, 2.75) is 12.5 Å². The highest BCUT2D eigenvalue weighted by atomic mass is 19.1. The van der Waals surface area contributed by atoms with Gasteiger partial charge >= 0.3 is 0 Å². The summed E-state index contributed by atoms with van der Waals surface area (Å²) in [4.78, 5) is 12.0. The zero-order chi connectivity index (χ0) is 16.8. The monoisotopic (exact) mass is 330 g/mol. The van der Waals surface area contributed by atoms with E-state index in [9.17, 15) is 9.18 Å². The van der Waals surface area contributed by atoms with Crippen molar-refractivity contribution in [2.24, 2.45) is 0 Å². The Morgan fingerprint density at radius 1 is 1.25 bits per heavy atom. The molecule has 1 heterocycles. The lowest BCUT2D eigenvalue weighted by Gasteiger charge is -2.23. The van der Waals surface area contributed by atoms with Crippen LogP contribution in [-0.2, 0) is 9.53 Å². The zero-order valence-corrected chi connectivity index (χ0v) is 13.1. The number of carbonyl (C=O) groups excluding carboxylic acids is 1. The van der Waals surface area contributed by atoms with Crippen molar-refractivity contribution in [1.82, 2.24) is 5.32 Å². The first-order valence-electron chi connectivity index (χ1n) is 7.83. The molecule has 1 unspecified atom stereocenters. The van der Waals surface area contributed by atoms with Gasteiger partial charge in [0, 0.05) is 30.8 Å². The van der Waals surface area contributed by atoms with Crippen LogP contribution in [0.2, 0.25) is 0 Å². The van der Waals surface area contributed by atoms with Gasteiger partial charge in [-0.3, -0.25) is 4.79 Å². The molecule has 0 aromatic heterocycles. The third-order valence-electron chi connectivity index (χ3n) is 3.60. The molecule has 1 aliphatic rings. The molecule has 126 valence electrons. The molecule has 3 rings (SSSR count). The van der Waals surface area contributed by atoms with Crippen LogP contribution in [0.1, 0.15) is 6.42 Å². The number of carbonyl (C=O) groups is 1. The van der Waals surface area contributed by atoms with Gasteiger partial charge in [0.05, 0.1) is 13.2 Å². The Bertz CT molecular complexity index is 685. The van der Waals surface area contributed by atoms with Gasteiger partial charge in [0.2, 0.25) is 5.91 Å². The lowest BCUT2D eigenvalue weighted by molar-refractivity contribution is -0.117. The van der Waals surface area contributed by atoms with Gasteiger partial charge < -0.3 is 20.1 Å². The summed E-state index contributed by atoms with van der Waals surface area (Å²) in [5.41, 5.74) is 0.684. The molecule has 0 saturated carbocycles. The Balaban J connectivity index is 1.53. The second-order valence-corrected chi connectivity index (χ2v) is 5.56. The largest absolute Gasteiger partial charge is 0.457 e. The standard InChI is InChI=1S/C18H19FN2O3/c19-13-2-1-3-17(10-13)24-16-6-4-14(5-7-16)21-18(22)11-15-12-23-9-8-20-15/h1-7,10,15,20H,8-9,11-12H2,(H,21,22). The molecular weight excluding hydrogens is 311 g/mol. The average Bonchev–Trinajstić information content (AvgIpc) is 2.57. The van der Waals surface area contributed by atoms with E-state index in [1.807, 2.05) is 0 Å². The minimum atomic E-state index is -0.350. The zero-order valence-electron chi connectivity index (χ0n) is 13.1. The number of amides is 1. The van der Waals surface area contributed by atoms with Crippen molar-refractivity contribution in [3.05, 3.63) is 54.3 Å². The van der Waals surface area contributed by atoms with Crippen molar-refractivity contribution in [1.29, 1.82) is 0 Å². The summed E-state index contributed by atoms with van der Waals surface area (Å²) in [6.45, 7) is 2.00. The van der Waals surface area contributed by atoms with Gasteiger partial charge in [-0.25, -0.2) is 4.39 Å². The maximum atomic E-state index is 13.1. The van der Waals surface area contributed by atoms with E-state index in [0.29, 0.717) is 36.8 Å². The quantitative estimate of drug-likeness (QED) is 0.885. The van der Waals surface area contributed by atoms with Crippen LogP contribution in [-0.4, -0.2) is 31.7 Å². The predicted molar refractivity (Wildman–Crippen MR) is 88.8 cm³/mol. The average molecular weight is 330 g/mol. The molecular formula is C18H19FN2O3. The van der Waals surface area contributed by atoms with Gasteiger partial charge in [-0.05, 0) is 36.4 Å². The molecule has 24 heavy (non-hydrogen) atoms. The molecule has 0 aliphatic carbocycles. The van der Waals surface area contributed by atoms with E-state index < -0.39 is 0 Å². The summed E-state index contributed by atoms with van der Waals surface area (Å²) >= 11 is 0. The summed E-state index contributed by atoms with van der Waals surface area (Å²) in [6.07, 6.45) is 0.363. The third-order valence-corrected chi connectivity index (χ3v) is 3.60. The van der Waals surface area contributed by atoms with Crippen LogP contribution in [0.15, 0.2) is 48.5 Å². The Hall–Kier alpha value is -2.44. The van der Waals surface area contributed by atoms with E-state index in [2.05, 4.69) is 10.6 Å². The highest BCUT2D eigenvalue weighted by Gasteiger charge is 2.16. The van der Waals surface area contributed by atoms with Crippen LogP contribution in [0.4, 0.5) is 10.1 Å². The topological polar surface area (TPSA) is 59.6 Å². The lowest BCUT2D eigenvalue weighted by atomic mass is 10.2. The molecule has 1 saturated heterocycles. The number of nitrogens with one attached hydrogen (secondary N) is 2. The van der Waals surface area contributed by atoms with Crippen molar-refractivity contribution in [3.63, 3.8) is 0 Å². The first-order chi connectivity index (χ1) is 11.7. The first kappa shape index (κ1) is 16.4. The molecule has 2 N–H and O–H groups in total. The van der Waals surface area contributed by atoms with Gasteiger partial charge in [0.1, 0.15) is 17.3 Å². The summed E-state index contributed by atoms with van der Waals surface area (Å²) in [6, 6.07) is 12.9. The van der Waals surface area contributed by atoms with Crippen molar-refractivity contribution in [2.75, 3.05) is 25.1 Å². The molecule has 5 nitrogen and oxygen atoms in total. The lowest BCUT2D eigenvalue weighted by Crippen LogP contribution is -2.43. The fraction of sp³-hybridized carbons (Fsp3) is 0.278. The third kappa shape index (κ3) is 4.78. The maximum Gasteiger partial charge on any atom is 0.226 e. The molecule has 1 atom stereocenters. The number of benzene rings is 2. The molecule has 0 bridgehead atoms. The molecule has 6 heteroatoms. The summed E-state index contributed by atoms with van der Waals surface area (Å²) in [5, 5.41) is 6.08. The summed E-state index contributed by atoms with van der Waals surface area (Å²) in [7, 11) is 0. The highest BCUT2D eigenvalue weighted by Crippen LogP contribution is 2.23. The number of morpholine rings is 1. The van der Waals surface area contributed by atoms with Crippen LogP contribution in [0.25, 0.3) is 0 Å². The molecule has 1 aliphatic heterocycles. The van der Waals surface area contributed by atoms with E-state index in [4.69, 9.17) is 9.47 Å². The van der Waals surface area contributed by atoms with Crippen molar-refractivity contribution in [3.8, 4) is 11.5 Å². The van der Waals surface area contributed by atoms with Gasteiger partial charge in [-0.1, -0.05) is 6.07 Å². The molecule has 1 fully saturated rings. The Morgan fingerprint density at radius 2 is 2.08 bits per heavy atom. The van der Waals surface area contributed by atoms with Crippen LogP contribution >= 0.6 is 0 Å². The second-order valence-electron chi connectivity index (χ2n) is 5.56. The number of rotatable bonds is 5. The number of halogens is 1. The van der Waals surface area contributed by atoms with E-state index in [-0.39, 0.29) is 17.8 Å². The fourth-order valence-electron chi connectivity index (χ4n) is 2.46. The van der Waals surface area contributed by atoms with Crippen molar-refractivity contribution < 1.29 is 18.7 Å².